The summed E-state index contributed by atoms with van der Waals surface area (Å²) < 4.78 is 30.0. The molecule has 18 heteroatoms. The first kappa shape index (κ1) is 44.8. The number of carbonyl (C=O) groups excluding carboxylic acids is 4. The number of thioether (sulfide) groups is 1. The van der Waals surface area contributed by atoms with Crippen LogP contribution < -0.4 is 20.3 Å². The minimum atomic E-state index is -1.82. The van der Waals surface area contributed by atoms with E-state index in [1.165, 1.54) is 35.8 Å². The van der Waals surface area contributed by atoms with Crippen LogP contribution in [0.15, 0.2) is 47.8 Å². The van der Waals surface area contributed by atoms with Gasteiger partial charge in [-0.3, -0.25) is 24.5 Å². The van der Waals surface area contributed by atoms with Gasteiger partial charge < -0.3 is 49.0 Å². The van der Waals surface area contributed by atoms with E-state index in [4.69, 9.17) is 40.4 Å². The van der Waals surface area contributed by atoms with E-state index in [1.54, 1.807) is 45.3 Å². The third kappa shape index (κ3) is 10.1. The van der Waals surface area contributed by atoms with Crippen LogP contribution in [-0.4, -0.2) is 133 Å². The lowest BCUT2D eigenvalue weighted by Gasteiger charge is -2.42. The number of anilines is 1. The zero-order valence-electron chi connectivity index (χ0n) is 33.7. The molecule has 5 rings (SSSR count). The molecular formula is C40H53ClN4O12S. The van der Waals surface area contributed by atoms with Crippen molar-refractivity contribution in [3.63, 3.8) is 0 Å². The number of aliphatic hydroxyl groups is 1. The highest BCUT2D eigenvalue weighted by molar-refractivity contribution is 7.99. The first-order valence-electron chi connectivity index (χ1n) is 19.0. The van der Waals surface area contributed by atoms with Crippen molar-refractivity contribution in [3.05, 3.63) is 58.4 Å². The number of halogens is 1. The van der Waals surface area contributed by atoms with Crippen molar-refractivity contribution in [1.29, 1.82) is 0 Å². The Balaban J connectivity index is 1.41. The number of aliphatic carboxylic acids is 1. The van der Waals surface area contributed by atoms with Gasteiger partial charge in [-0.1, -0.05) is 42.3 Å². The van der Waals surface area contributed by atoms with Crippen molar-refractivity contribution in [2.75, 3.05) is 51.3 Å². The fraction of sp³-hybridized carbons (Fsp3) is 0.575. The Bertz CT molecular complexity index is 1860. The molecule has 8 atom stereocenters. The lowest BCUT2D eigenvalue weighted by atomic mass is 9.83. The quantitative estimate of drug-likeness (QED) is 0.176. The lowest BCUT2D eigenvalue weighted by molar-refractivity contribution is -0.142. The Kier molecular flexibility index (Phi) is 14.5. The molecule has 16 nitrogen and oxygen atoms in total. The van der Waals surface area contributed by atoms with Crippen molar-refractivity contribution in [1.82, 2.24) is 15.5 Å². The van der Waals surface area contributed by atoms with Crippen molar-refractivity contribution < 1.29 is 57.9 Å². The molecule has 4 N–H and O–H groups in total. The monoisotopic (exact) mass is 848 g/mol. The predicted octanol–water partition coefficient (Wildman–Crippen LogP) is 3.58. The summed E-state index contributed by atoms with van der Waals surface area (Å²) in [5, 5.41) is 25.9. The van der Waals surface area contributed by atoms with Gasteiger partial charge in [-0.05, 0) is 44.0 Å². The van der Waals surface area contributed by atoms with E-state index in [0.717, 1.165) is 11.1 Å². The fourth-order valence-corrected chi connectivity index (χ4v) is 8.55. The molecule has 4 amide bonds. The van der Waals surface area contributed by atoms with E-state index >= 15 is 0 Å². The second-order valence-electron chi connectivity index (χ2n) is 15.1. The summed E-state index contributed by atoms with van der Waals surface area (Å²) in [6.07, 6.45) is 3.25. The molecule has 2 fully saturated rings. The number of nitrogens with zero attached hydrogens (tertiary/aromatic N) is 2. The molecule has 0 aliphatic carbocycles. The summed E-state index contributed by atoms with van der Waals surface area (Å²) in [5.74, 6) is -1.14. The van der Waals surface area contributed by atoms with E-state index in [1.807, 2.05) is 26.0 Å². The molecule has 2 saturated heterocycles. The Morgan fingerprint density at radius 2 is 1.95 bits per heavy atom. The summed E-state index contributed by atoms with van der Waals surface area (Å²) in [6, 6.07) is 3.05. The van der Waals surface area contributed by atoms with Crippen molar-refractivity contribution >= 4 is 58.8 Å². The summed E-state index contributed by atoms with van der Waals surface area (Å²) in [7, 11) is 6.20. The van der Waals surface area contributed by atoms with Gasteiger partial charge >= 0.3 is 12.1 Å². The standard InChI is InChI=1S/C40H53ClN4O12S/c1-22-9-8-10-30(54-7)40(52)20-28(56-38(51)43-40)23(2)37-39(57-37)19-29(24(3)44(4)33(47)12-14-58-21-32(46)42-13-11-35(49)50)55-31(39)18-34(48)45(5)26-16-25(15-22)17-27(53-6)36(26)41/h8-10,16-17,19,23-24,28,30-31,37,52H,11-15,18,20-21H2,1-7H3,(H,42,46)(H,43,51)(H,49,50)/b10-8+,22-9+/t23-,24+,28+,30-,31+,37+,39+,40+/m1/s1. The SMILES string of the molecule is COc1cc2cc(c1Cl)N(C)C(=O)C[C@@H]1OC([C@H](C)N(C)C(=O)CCSCC(=O)NCCC(=O)O)=C[C@]13O[C@H]3[C@H](C)[C@@H]1C[C@@](O)(NC(=O)O1)[C@H](OC)/C=C/C=C(\C)C2. The Labute approximate surface area is 347 Å². The average Bonchev–Trinajstić information content (AvgIpc) is 3.79. The van der Waals surface area contributed by atoms with E-state index in [0.29, 0.717) is 29.4 Å². The highest BCUT2D eigenvalue weighted by atomic mass is 35.5. The first-order chi connectivity index (χ1) is 27.4. The Morgan fingerprint density at radius 3 is 2.64 bits per heavy atom. The number of epoxide rings is 1. The van der Waals surface area contributed by atoms with Crippen LogP contribution in [0.1, 0.15) is 52.0 Å². The smallest absolute Gasteiger partial charge is 0.409 e. The summed E-state index contributed by atoms with van der Waals surface area (Å²) in [4.78, 5) is 66.2. The number of hydrogen-bond acceptors (Lipinski definition) is 12. The number of benzene rings is 1. The minimum absolute atomic E-state index is 0.0288. The number of alkyl carbamates (subject to hydrolysis) is 1. The van der Waals surface area contributed by atoms with Crippen LogP contribution in [0.3, 0.4) is 0 Å². The lowest BCUT2D eigenvalue weighted by Crippen LogP contribution is -2.63. The number of nitrogens with one attached hydrogen (secondary N) is 2. The topological polar surface area (TPSA) is 206 Å². The van der Waals surface area contributed by atoms with Crippen LogP contribution in [0.5, 0.6) is 5.75 Å². The highest BCUT2D eigenvalue weighted by Gasteiger charge is 2.68. The molecule has 4 aliphatic heterocycles. The van der Waals surface area contributed by atoms with E-state index in [9.17, 15) is 29.1 Å². The molecule has 1 aromatic carbocycles. The molecule has 1 spiro atoms. The van der Waals surface area contributed by atoms with Crippen molar-refractivity contribution in [2.45, 2.75) is 94.7 Å². The molecule has 4 heterocycles. The van der Waals surface area contributed by atoms with Crippen LogP contribution in [0.25, 0.3) is 0 Å². The molecule has 0 aromatic heterocycles. The predicted molar refractivity (Wildman–Crippen MR) is 216 cm³/mol. The molecule has 0 unspecified atom stereocenters. The number of likely N-dealkylation sites (N-methyl/N-ethyl adjacent to an activating group) is 1. The van der Waals surface area contributed by atoms with Gasteiger partial charge in [0.15, 0.2) is 11.3 Å². The zero-order chi connectivity index (χ0) is 42.5. The third-order valence-corrected chi connectivity index (χ3v) is 12.4. The third-order valence-electron chi connectivity index (χ3n) is 11.0. The van der Waals surface area contributed by atoms with Gasteiger partial charge in [-0.15, -0.1) is 0 Å². The molecule has 0 saturated carbocycles. The number of rotatable bonds is 12. The number of ether oxygens (including phenoxy) is 5. The van der Waals surface area contributed by atoms with E-state index in [-0.39, 0.29) is 60.7 Å². The maximum Gasteiger partial charge on any atom is 0.409 e. The highest BCUT2D eigenvalue weighted by Crippen LogP contribution is 2.54. The van der Waals surface area contributed by atoms with Gasteiger partial charge in [0, 0.05) is 52.3 Å². The normalized spacial score (nSPS) is 30.2. The van der Waals surface area contributed by atoms with Gasteiger partial charge in [0.2, 0.25) is 17.7 Å². The summed E-state index contributed by atoms with van der Waals surface area (Å²) in [6.45, 7) is 5.60. The van der Waals surface area contributed by atoms with Crippen molar-refractivity contribution in [3.8, 4) is 5.75 Å². The first-order valence-corrected chi connectivity index (χ1v) is 20.6. The summed E-state index contributed by atoms with van der Waals surface area (Å²) >= 11 is 8.04. The Morgan fingerprint density at radius 1 is 1.21 bits per heavy atom. The van der Waals surface area contributed by atoms with Gasteiger partial charge in [-0.2, -0.15) is 11.8 Å². The minimum Gasteiger partial charge on any atom is -0.495 e. The van der Waals surface area contributed by atoms with Gasteiger partial charge in [0.25, 0.3) is 0 Å². The van der Waals surface area contributed by atoms with Crippen LogP contribution in [0.2, 0.25) is 5.02 Å². The molecule has 58 heavy (non-hydrogen) atoms. The fourth-order valence-electron chi connectivity index (χ4n) is 7.49. The van der Waals surface area contributed by atoms with Crippen LogP contribution in [-0.2, 0) is 44.5 Å². The number of carbonyl (C=O) groups is 5. The second-order valence-corrected chi connectivity index (χ2v) is 16.6. The molecule has 1 aromatic rings. The second kappa shape index (κ2) is 18.7. The average molecular weight is 849 g/mol. The molecular weight excluding hydrogens is 796 g/mol. The molecule has 4 bridgehead atoms. The van der Waals surface area contributed by atoms with Crippen LogP contribution in [0.4, 0.5) is 10.5 Å². The number of carboxylic acid groups (broad SMARTS) is 1. The number of hydrogen-bond donors (Lipinski definition) is 4. The van der Waals surface area contributed by atoms with Gasteiger partial charge in [0.1, 0.15) is 40.9 Å². The number of allylic oxidation sites excluding steroid dienone is 3. The maximum absolute atomic E-state index is 14.2. The van der Waals surface area contributed by atoms with Crippen LogP contribution >= 0.6 is 23.4 Å². The summed E-state index contributed by atoms with van der Waals surface area (Å²) in [5.41, 5.74) is -0.763. The Hall–Kier alpha value is -4.29. The largest absolute Gasteiger partial charge is 0.495 e. The van der Waals surface area contributed by atoms with E-state index in [2.05, 4.69) is 10.6 Å². The molecule has 318 valence electrons. The maximum atomic E-state index is 14.2. The number of amides is 4. The van der Waals surface area contributed by atoms with Gasteiger partial charge in [-0.25, -0.2) is 4.79 Å². The zero-order valence-corrected chi connectivity index (χ0v) is 35.3. The van der Waals surface area contributed by atoms with Crippen LogP contribution in [0, 0.1) is 5.92 Å². The molecule has 4 aliphatic rings. The number of fused-ring (bicyclic) bond motifs is 4. The number of carboxylic acids is 1. The molecule has 0 radical (unpaired) electrons. The number of methoxy groups -OCH3 is 2. The van der Waals surface area contributed by atoms with E-state index < -0.39 is 59.8 Å². The van der Waals surface area contributed by atoms with Crippen molar-refractivity contribution in [2.24, 2.45) is 5.92 Å². The van der Waals surface area contributed by atoms with Gasteiger partial charge in [0.05, 0.1) is 37.4 Å².